The number of benzene rings is 1. The van der Waals surface area contributed by atoms with Crippen LogP contribution in [0.3, 0.4) is 0 Å². The molecule has 0 N–H and O–H groups in total. The molecule has 1 amide bonds. The van der Waals surface area contributed by atoms with E-state index < -0.39 is 0 Å². The van der Waals surface area contributed by atoms with Crippen LogP contribution in [0.25, 0.3) is 16.9 Å². The molecule has 0 spiro atoms. The van der Waals surface area contributed by atoms with Crippen LogP contribution >= 0.6 is 34.5 Å². The standard InChI is InChI=1S/C23H24Cl2N4OS/c1-27(2)15-7-10-28(11-8-15)23(30)21-17-4-6-20-16(9-12-31-20)22(17)29(26-21)19-5-3-14(24)13-18(19)25/h3,5,9,12-13,15H,4,6-8,10-11H2,1-2H3. The summed E-state index contributed by atoms with van der Waals surface area (Å²) in [6, 6.07) is 8.04. The fourth-order valence-corrected chi connectivity index (χ4v) is 6.05. The molecule has 1 saturated heterocycles. The van der Waals surface area contributed by atoms with Gasteiger partial charge in [-0.05, 0) is 69.4 Å². The normalized spacial score (nSPS) is 16.5. The summed E-state index contributed by atoms with van der Waals surface area (Å²) in [4.78, 5) is 19.1. The maximum absolute atomic E-state index is 13.6. The molecule has 5 rings (SSSR count). The van der Waals surface area contributed by atoms with Gasteiger partial charge in [0, 0.05) is 40.2 Å². The molecule has 1 aromatic carbocycles. The minimum Gasteiger partial charge on any atom is -0.337 e. The Bertz CT molecular complexity index is 1140. The summed E-state index contributed by atoms with van der Waals surface area (Å²) >= 11 is 14.4. The first-order chi connectivity index (χ1) is 14.9. The lowest BCUT2D eigenvalue weighted by Gasteiger charge is -2.35. The highest BCUT2D eigenvalue weighted by Crippen LogP contribution is 2.41. The van der Waals surface area contributed by atoms with Crippen LogP contribution in [0.5, 0.6) is 0 Å². The number of likely N-dealkylation sites (tertiary alicyclic amines) is 1. The Morgan fingerprint density at radius 1 is 1.16 bits per heavy atom. The van der Waals surface area contributed by atoms with Crippen molar-refractivity contribution in [1.82, 2.24) is 19.6 Å². The van der Waals surface area contributed by atoms with Gasteiger partial charge in [0.15, 0.2) is 5.69 Å². The topological polar surface area (TPSA) is 41.4 Å². The Hall–Kier alpha value is -1.86. The molecule has 5 nitrogen and oxygen atoms in total. The Morgan fingerprint density at radius 2 is 1.94 bits per heavy atom. The van der Waals surface area contributed by atoms with E-state index in [9.17, 15) is 4.79 Å². The molecule has 3 heterocycles. The predicted molar refractivity (Wildman–Crippen MR) is 127 cm³/mol. The number of halogens is 2. The summed E-state index contributed by atoms with van der Waals surface area (Å²) < 4.78 is 1.85. The van der Waals surface area contributed by atoms with E-state index in [0.717, 1.165) is 61.3 Å². The van der Waals surface area contributed by atoms with Gasteiger partial charge in [0.1, 0.15) is 0 Å². The number of rotatable bonds is 3. The number of fused-ring (bicyclic) bond motifs is 3. The van der Waals surface area contributed by atoms with Crippen LogP contribution in [0.1, 0.15) is 33.8 Å². The number of carbonyl (C=O) groups is 1. The summed E-state index contributed by atoms with van der Waals surface area (Å²) in [7, 11) is 4.21. The molecule has 0 saturated carbocycles. The second-order valence-corrected chi connectivity index (χ2v) is 10.3. The number of hydrogen-bond donors (Lipinski definition) is 0. The second kappa shape index (κ2) is 8.24. The lowest BCUT2D eigenvalue weighted by atomic mass is 9.94. The third kappa shape index (κ3) is 3.69. The lowest BCUT2D eigenvalue weighted by Crippen LogP contribution is -2.44. The Kier molecular flexibility index (Phi) is 5.59. The first kappa shape index (κ1) is 21.0. The quantitative estimate of drug-likeness (QED) is 0.525. The zero-order chi connectivity index (χ0) is 21.7. The highest BCUT2D eigenvalue weighted by atomic mass is 35.5. The molecule has 2 aromatic heterocycles. The zero-order valence-electron chi connectivity index (χ0n) is 17.6. The molecular formula is C23H24Cl2N4OS. The van der Waals surface area contributed by atoms with Gasteiger partial charge in [-0.2, -0.15) is 5.10 Å². The maximum Gasteiger partial charge on any atom is 0.274 e. The van der Waals surface area contributed by atoms with Crippen LogP contribution in [0.4, 0.5) is 0 Å². The minimum atomic E-state index is 0.0240. The van der Waals surface area contributed by atoms with Crippen molar-refractivity contribution in [1.29, 1.82) is 0 Å². The van der Waals surface area contributed by atoms with E-state index in [1.165, 1.54) is 4.88 Å². The number of aryl methyl sites for hydroxylation is 1. The monoisotopic (exact) mass is 474 g/mol. The van der Waals surface area contributed by atoms with Gasteiger partial charge >= 0.3 is 0 Å². The smallest absolute Gasteiger partial charge is 0.274 e. The average Bonchev–Trinajstić information content (AvgIpc) is 3.37. The van der Waals surface area contributed by atoms with Crippen LogP contribution in [0.2, 0.25) is 10.0 Å². The van der Waals surface area contributed by atoms with Gasteiger partial charge in [-0.15, -0.1) is 11.3 Å². The lowest BCUT2D eigenvalue weighted by molar-refractivity contribution is 0.0656. The number of amides is 1. The molecule has 162 valence electrons. The molecule has 1 fully saturated rings. The van der Waals surface area contributed by atoms with E-state index >= 15 is 0 Å². The molecule has 3 aromatic rings. The maximum atomic E-state index is 13.6. The van der Waals surface area contributed by atoms with Crippen molar-refractivity contribution < 1.29 is 4.79 Å². The van der Waals surface area contributed by atoms with Gasteiger partial charge in [-0.3, -0.25) is 4.79 Å². The van der Waals surface area contributed by atoms with Crippen LogP contribution in [0.15, 0.2) is 29.6 Å². The van der Waals surface area contributed by atoms with Crippen molar-refractivity contribution in [3.63, 3.8) is 0 Å². The highest BCUT2D eigenvalue weighted by Gasteiger charge is 2.33. The molecule has 2 aliphatic rings. The Balaban J connectivity index is 1.58. The predicted octanol–water partition coefficient (Wildman–Crippen LogP) is 5.17. The fourth-order valence-electron chi connectivity index (χ4n) is 4.68. The van der Waals surface area contributed by atoms with Gasteiger partial charge < -0.3 is 9.80 Å². The van der Waals surface area contributed by atoms with Gasteiger partial charge in [-0.1, -0.05) is 23.2 Å². The summed E-state index contributed by atoms with van der Waals surface area (Å²) in [6.07, 6.45) is 3.71. The first-order valence-corrected chi connectivity index (χ1v) is 12.2. The van der Waals surface area contributed by atoms with Gasteiger partial charge in [0.25, 0.3) is 5.91 Å². The summed E-state index contributed by atoms with van der Waals surface area (Å²) in [5, 5.41) is 8.05. The SMILES string of the molecule is CN(C)C1CCN(C(=O)c2nn(-c3ccc(Cl)cc3Cl)c3c2CCc2sccc2-3)CC1. The number of aromatic nitrogens is 2. The second-order valence-electron chi connectivity index (χ2n) is 8.43. The number of hydrogen-bond acceptors (Lipinski definition) is 4. The summed E-state index contributed by atoms with van der Waals surface area (Å²) in [5.74, 6) is 0.0240. The average molecular weight is 475 g/mol. The molecular weight excluding hydrogens is 451 g/mol. The first-order valence-electron chi connectivity index (χ1n) is 10.5. The van der Waals surface area contributed by atoms with E-state index in [4.69, 9.17) is 28.3 Å². The van der Waals surface area contributed by atoms with E-state index in [1.807, 2.05) is 21.7 Å². The van der Waals surface area contributed by atoms with Crippen molar-refractivity contribution in [3.8, 4) is 16.9 Å². The van der Waals surface area contributed by atoms with Crippen LogP contribution in [0, 0.1) is 0 Å². The van der Waals surface area contributed by atoms with Gasteiger partial charge in [-0.25, -0.2) is 4.68 Å². The summed E-state index contributed by atoms with van der Waals surface area (Å²) in [5.41, 5.74) is 4.46. The molecule has 31 heavy (non-hydrogen) atoms. The minimum absolute atomic E-state index is 0.0240. The molecule has 0 unspecified atom stereocenters. The van der Waals surface area contributed by atoms with E-state index in [2.05, 4.69) is 30.4 Å². The van der Waals surface area contributed by atoms with Crippen molar-refractivity contribution in [2.75, 3.05) is 27.2 Å². The fraction of sp³-hybridized carbons (Fsp3) is 0.391. The molecule has 1 aliphatic carbocycles. The van der Waals surface area contributed by atoms with E-state index in [0.29, 0.717) is 21.8 Å². The van der Waals surface area contributed by atoms with E-state index in [-0.39, 0.29) is 5.91 Å². The number of thiophene rings is 1. The van der Waals surface area contributed by atoms with Crippen molar-refractivity contribution in [2.24, 2.45) is 0 Å². The number of piperidine rings is 1. The van der Waals surface area contributed by atoms with E-state index in [1.54, 1.807) is 17.4 Å². The molecule has 0 radical (unpaired) electrons. The van der Waals surface area contributed by atoms with Crippen LogP contribution in [-0.4, -0.2) is 58.7 Å². The van der Waals surface area contributed by atoms with Crippen molar-refractivity contribution in [2.45, 2.75) is 31.7 Å². The zero-order valence-corrected chi connectivity index (χ0v) is 19.9. The van der Waals surface area contributed by atoms with Crippen LogP contribution in [-0.2, 0) is 12.8 Å². The van der Waals surface area contributed by atoms with Crippen molar-refractivity contribution >= 4 is 40.4 Å². The van der Waals surface area contributed by atoms with Gasteiger partial charge in [0.05, 0.1) is 16.4 Å². The highest BCUT2D eigenvalue weighted by molar-refractivity contribution is 7.10. The third-order valence-corrected chi connectivity index (χ3v) is 7.93. The Morgan fingerprint density at radius 3 is 2.65 bits per heavy atom. The molecule has 0 atom stereocenters. The number of carbonyl (C=O) groups excluding carboxylic acids is 1. The third-order valence-electron chi connectivity index (χ3n) is 6.41. The van der Waals surface area contributed by atoms with Crippen molar-refractivity contribution in [3.05, 3.63) is 55.8 Å². The number of nitrogens with zero attached hydrogens (tertiary/aromatic N) is 4. The van der Waals surface area contributed by atoms with Crippen LogP contribution < -0.4 is 0 Å². The largest absolute Gasteiger partial charge is 0.337 e. The van der Waals surface area contributed by atoms with Gasteiger partial charge in [0.2, 0.25) is 0 Å². The molecule has 0 bridgehead atoms. The summed E-state index contributed by atoms with van der Waals surface area (Å²) in [6.45, 7) is 1.52. The molecule has 1 aliphatic heterocycles. The Labute approximate surface area is 196 Å². The molecule has 8 heteroatoms.